The molecule has 0 radical (unpaired) electrons. The van der Waals surface area contributed by atoms with E-state index in [9.17, 15) is 4.79 Å². The standard InChI is InChI=1S/C12H24N2O3/c1-11(2,3)14-10(15)7-17-12(8-13)5-4-6-16-9-12/h4-9,13H2,1-3H3,(H,14,15). The van der Waals surface area contributed by atoms with E-state index in [1.54, 1.807) is 0 Å². The van der Waals surface area contributed by atoms with Crippen LogP contribution in [-0.2, 0) is 14.3 Å². The molecule has 3 N–H and O–H groups in total. The van der Waals surface area contributed by atoms with Crippen molar-refractivity contribution in [1.82, 2.24) is 5.32 Å². The van der Waals surface area contributed by atoms with Gasteiger partial charge < -0.3 is 20.5 Å². The van der Waals surface area contributed by atoms with Crippen LogP contribution in [0, 0.1) is 0 Å². The van der Waals surface area contributed by atoms with Gasteiger partial charge in [-0.15, -0.1) is 0 Å². The van der Waals surface area contributed by atoms with Gasteiger partial charge in [0.15, 0.2) is 0 Å². The Morgan fingerprint density at radius 1 is 1.53 bits per heavy atom. The second-order valence-electron chi connectivity index (χ2n) is 5.63. The second-order valence-corrected chi connectivity index (χ2v) is 5.63. The fraction of sp³-hybridized carbons (Fsp3) is 0.917. The van der Waals surface area contributed by atoms with Crippen LogP contribution in [-0.4, -0.2) is 43.4 Å². The van der Waals surface area contributed by atoms with Crippen molar-refractivity contribution in [3.8, 4) is 0 Å². The summed E-state index contributed by atoms with van der Waals surface area (Å²) in [5.41, 5.74) is 5.00. The summed E-state index contributed by atoms with van der Waals surface area (Å²) in [6, 6.07) is 0. The lowest BCUT2D eigenvalue weighted by Crippen LogP contribution is -2.50. The Hall–Kier alpha value is -0.650. The number of rotatable bonds is 4. The molecule has 1 aliphatic heterocycles. The van der Waals surface area contributed by atoms with Crippen LogP contribution in [0.3, 0.4) is 0 Å². The zero-order chi connectivity index (χ0) is 12.9. The number of hydrogen-bond acceptors (Lipinski definition) is 4. The van der Waals surface area contributed by atoms with Gasteiger partial charge in [-0.25, -0.2) is 0 Å². The fourth-order valence-electron chi connectivity index (χ4n) is 1.83. The summed E-state index contributed by atoms with van der Waals surface area (Å²) >= 11 is 0. The van der Waals surface area contributed by atoms with Gasteiger partial charge in [0.05, 0.1) is 6.61 Å². The monoisotopic (exact) mass is 244 g/mol. The highest BCUT2D eigenvalue weighted by Crippen LogP contribution is 2.22. The topological polar surface area (TPSA) is 73.6 Å². The molecule has 1 fully saturated rings. The van der Waals surface area contributed by atoms with Gasteiger partial charge in [-0.3, -0.25) is 4.79 Å². The number of carbonyl (C=O) groups excluding carboxylic acids is 1. The first-order chi connectivity index (χ1) is 7.87. The van der Waals surface area contributed by atoms with Gasteiger partial charge in [0.1, 0.15) is 12.2 Å². The molecule has 100 valence electrons. The first-order valence-corrected chi connectivity index (χ1v) is 6.10. The molecule has 1 atom stereocenters. The van der Waals surface area contributed by atoms with Gasteiger partial charge in [-0.1, -0.05) is 0 Å². The molecule has 5 heteroatoms. The molecule has 1 saturated heterocycles. The predicted molar refractivity (Wildman–Crippen MR) is 65.7 cm³/mol. The van der Waals surface area contributed by atoms with Crippen LogP contribution in [0.15, 0.2) is 0 Å². The van der Waals surface area contributed by atoms with E-state index in [0.29, 0.717) is 13.2 Å². The van der Waals surface area contributed by atoms with E-state index < -0.39 is 5.60 Å². The molecular formula is C12H24N2O3. The number of amides is 1. The van der Waals surface area contributed by atoms with Crippen molar-refractivity contribution in [3.63, 3.8) is 0 Å². The summed E-state index contributed by atoms with van der Waals surface area (Å²) < 4.78 is 11.0. The van der Waals surface area contributed by atoms with Crippen molar-refractivity contribution in [2.45, 2.75) is 44.8 Å². The SMILES string of the molecule is CC(C)(C)NC(=O)COC1(CN)CCCOC1. The molecule has 1 amide bonds. The highest BCUT2D eigenvalue weighted by Gasteiger charge is 2.33. The molecule has 0 aromatic heterocycles. The van der Waals surface area contributed by atoms with Crippen LogP contribution in [0.4, 0.5) is 0 Å². The largest absolute Gasteiger partial charge is 0.378 e. The third kappa shape index (κ3) is 5.02. The summed E-state index contributed by atoms with van der Waals surface area (Å²) in [6.07, 6.45) is 1.78. The molecular weight excluding hydrogens is 220 g/mol. The Morgan fingerprint density at radius 3 is 2.71 bits per heavy atom. The van der Waals surface area contributed by atoms with Gasteiger partial charge >= 0.3 is 0 Å². The third-order valence-corrected chi connectivity index (χ3v) is 2.68. The Morgan fingerprint density at radius 2 is 2.24 bits per heavy atom. The quantitative estimate of drug-likeness (QED) is 0.752. The first-order valence-electron chi connectivity index (χ1n) is 6.10. The van der Waals surface area contributed by atoms with Crippen LogP contribution in [0.2, 0.25) is 0 Å². The molecule has 0 spiro atoms. The summed E-state index contributed by atoms with van der Waals surface area (Å²) in [6.45, 7) is 7.47. The van der Waals surface area contributed by atoms with E-state index in [1.807, 2.05) is 20.8 Å². The van der Waals surface area contributed by atoms with Crippen LogP contribution >= 0.6 is 0 Å². The predicted octanol–water partition coefficient (Wildman–Crippen LogP) is 0.426. The minimum Gasteiger partial charge on any atom is -0.378 e. The molecule has 1 rings (SSSR count). The summed E-state index contributed by atoms with van der Waals surface area (Å²) in [5.74, 6) is -0.115. The summed E-state index contributed by atoms with van der Waals surface area (Å²) in [7, 11) is 0. The lowest BCUT2D eigenvalue weighted by molar-refractivity contribution is -0.148. The second kappa shape index (κ2) is 5.80. The van der Waals surface area contributed by atoms with E-state index in [-0.39, 0.29) is 18.1 Å². The molecule has 0 aromatic carbocycles. The van der Waals surface area contributed by atoms with Crippen molar-refractivity contribution in [2.24, 2.45) is 5.73 Å². The van der Waals surface area contributed by atoms with E-state index in [0.717, 1.165) is 19.4 Å². The summed E-state index contributed by atoms with van der Waals surface area (Å²) in [5, 5.41) is 2.85. The molecule has 1 unspecified atom stereocenters. The fourth-order valence-corrected chi connectivity index (χ4v) is 1.83. The Balaban J connectivity index is 2.39. The van der Waals surface area contributed by atoms with Crippen LogP contribution in [0.1, 0.15) is 33.6 Å². The van der Waals surface area contributed by atoms with E-state index >= 15 is 0 Å². The normalized spacial score (nSPS) is 25.6. The smallest absolute Gasteiger partial charge is 0.246 e. The molecule has 5 nitrogen and oxygen atoms in total. The minimum atomic E-state index is -0.479. The Labute approximate surface area is 103 Å². The van der Waals surface area contributed by atoms with Crippen LogP contribution < -0.4 is 11.1 Å². The number of nitrogens with two attached hydrogens (primary N) is 1. The Kier molecular flexibility index (Phi) is 4.91. The van der Waals surface area contributed by atoms with Crippen molar-refractivity contribution in [1.29, 1.82) is 0 Å². The van der Waals surface area contributed by atoms with Crippen LogP contribution in [0.25, 0.3) is 0 Å². The summed E-state index contributed by atoms with van der Waals surface area (Å²) in [4.78, 5) is 11.6. The molecule has 0 aliphatic carbocycles. The minimum absolute atomic E-state index is 0.0395. The van der Waals surface area contributed by atoms with Crippen LogP contribution in [0.5, 0.6) is 0 Å². The van der Waals surface area contributed by atoms with Gasteiger partial charge in [0.2, 0.25) is 5.91 Å². The van der Waals surface area contributed by atoms with E-state index in [2.05, 4.69) is 5.32 Å². The number of ether oxygens (including phenoxy) is 2. The number of nitrogens with one attached hydrogen (secondary N) is 1. The maximum absolute atomic E-state index is 11.6. The molecule has 1 heterocycles. The molecule has 17 heavy (non-hydrogen) atoms. The average molecular weight is 244 g/mol. The van der Waals surface area contributed by atoms with Crippen molar-refractivity contribution in [3.05, 3.63) is 0 Å². The van der Waals surface area contributed by atoms with Gasteiger partial charge in [-0.05, 0) is 33.6 Å². The van der Waals surface area contributed by atoms with Gasteiger partial charge in [0, 0.05) is 18.7 Å². The van der Waals surface area contributed by atoms with Crippen molar-refractivity contribution < 1.29 is 14.3 Å². The average Bonchev–Trinajstić information content (AvgIpc) is 2.25. The first kappa shape index (κ1) is 14.4. The van der Waals surface area contributed by atoms with E-state index in [4.69, 9.17) is 15.2 Å². The maximum atomic E-state index is 11.6. The van der Waals surface area contributed by atoms with Crippen molar-refractivity contribution in [2.75, 3.05) is 26.4 Å². The molecule has 0 bridgehead atoms. The number of hydrogen-bond donors (Lipinski definition) is 2. The third-order valence-electron chi connectivity index (χ3n) is 2.68. The zero-order valence-corrected chi connectivity index (χ0v) is 11.0. The molecule has 0 saturated carbocycles. The van der Waals surface area contributed by atoms with E-state index in [1.165, 1.54) is 0 Å². The number of carbonyl (C=O) groups is 1. The van der Waals surface area contributed by atoms with Gasteiger partial charge in [-0.2, -0.15) is 0 Å². The lowest BCUT2D eigenvalue weighted by atomic mass is 9.96. The zero-order valence-electron chi connectivity index (χ0n) is 11.0. The molecule has 0 aromatic rings. The lowest BCUT2D eigenvalue weighted by Gasteiger charge is -2.35. The maximum Gasteiger partial charge on any atom is 0.246 e. The van der Waals surface area contributed by atoms with Crippen molar-refractivity contribution >= 4 is 5.91 Å². The molecule has 1 aliphatic rings. The Bertz CT molecular complexity index is 255. The highest BCUT2D eigenvalue weighted by atomic mass is 16.5. The van der Waals surface area contributed by atoms with Gasteiger partial charge in [0.25, 0.3) is 0 Å². The highest BCUT2D eigenvalue weighted by molar-refractivity contribution is 5.77.